The summed E-state index contributed by atoms with van der Waals surface area (Å²) in [5.41, 5.74) is 0.827. The van der Waals surface area contributed by atoms with Gasteiger partial charge in [-0.1, -0.05) is 26.0 Å². The Morgan fingerprint density at radius 3 is 2.57 bits per heavy atom. The van der Waals surface area contributed by atoms with Crippen LogP contribution in [0.5, 0.6) is 5.75 Å². The van der Waals surface area contributed by atoms with Gasteiger partial charge in [-0.3, -0.25) is 0 Å². The normalized spacial score (nSPS) is 17.6. The van der Waals surface area contributed by atoms with Gasteiger partial charge in [-0.05, 0) is 30.9 Å². The van der Waals surface area contributed by atoms with E-state index in [-0.39, 0.29) is 12.1 Å². The van der Waals surface area contributed by atoms with Gasteiger partial charge in [0.25, 0.3) is 0 Å². The Morgan fingerprint density at radius 2 is 2.05 bits per heavy atom. The van der Waals surface area contributed by atoms with Crippen LogP contribution in [0, 0.1) is 5.92 Å². The SMILES string of the molecule is COc1ccccc1N(C)CC(CO)(NC(C)C)C1CC1. The molecule has 1 unspecified atom stereocenters. The highest BCUT2D eigenvalue weighted by Gasteiger charge is 2.45. The molecule has 0 aromatic heterocycles. The molecule has 0 bridgehead atoms. The third-order valence-electron chi connectivity index (χ3n) is 4.23. The van der Waals surface area contributed by atoms with Crippen molar-refractivity contribution in [2.45, 2.75) is 38.3 Å². The smallest absolute Gasteiger partial charge is 0.142 e. The van der Waals surface area contributed by atoms with Crippen molar-refractivity contribution >= 4 is 5.69 Å². The summed E-state index contributed by atoms with van der Waals surface area (Å²) in [4.78, 5) is 2.18. The standard InChI is InChI=1S/C17H28N2O2/c1-13(2)18-17(12-20,14-9-10-14)11-19(3)15-7-5-6-8-16(15)21-4/h5-8,13-14,18,20H,9-12H2,1-4H3. The number of aliphatic hydroxyl groups is 1. The van der Waals surface area contributed by atoms with Gasteiger partial charge in [-0.2, -0.15) is 0 Å². The monoisotopic (exact) mass is 292 g/mol. The predicted molar refractivity (Wildman–Crippen MR) is 87.1 cm³/mol. The van der Waals surface area contributed by atoms with E-state index in [1.165, 1.54) is 12.8 Å². The molecule has 1 aliphatic rings. The highest BCUT2D eigenvalue weighted by atomic mass is 16.5. The Balaban J connectivity index is 2.19. The summed E-state index contributed by atoms with van der Waals surface area (Å²) in [7, 11) is 3.76. The molecule has 1 aromatic carbocycles. The zero-order valence-electron chi connectivity index (χ0n) is 13.6. The second kappa shape index (κ2) is 6.67. The molecule has 1 aromatic rings. The van der Waals surface area contributed by atoms with Gasteiger partial charge in [0.05, 0.1) is 24.9 Å². The van der Waals surface area contributed by atoms with Gasteiger partial charge >= 0.3 is 0 Å². The average Bonchev–Trinajstić information content (AvgIpc) is 3.30. The number of nitrogens with zero attached hydrogens (tertiary/aromatic N) is 1. The third-order valence-corrected chi connectivity index (χ3v) is 4.23. The second-order valence-electron chi connectivity index (χ2n) is 6.42. The van der Waals surface area contributed by atoms with Crippen LogP contribution >= 0.6 is 0 Å². The summed E-state index contributed by atoms with van der Waals surface area (Å²) in [5, 5.41) is 13.6. The molecule has 0 amide bonds. The van der Waals surface area contributed by atoms with E-state index >= 15 is 0 Å². The van der Waals surface area contributed by atoms with Gasteiger partial charge < -0.3 is 20.1 Å². The van der Waals surface area contributed by atoms with Crippen LogP contribution in [0.3, 0.4) is 0 Å². The van der Waals surface area contributed by atoms with Gasteiger partial charge in [-0.25, -0.2) is 0 Å². The molecule has 4 heteroatoms. The number of aliphatic hydroxyl groups excluding tert-OH is 1. The first-order chi connectivity index (χ1) is 10.0. The van der Waals surface area contributed by atoms with Crippen molar-refractivity contribution in [3.8, 4) is 5.75 Å². The Hall–Kier alpha value is -1.26. The minimum Gasteiger partial charge on any atom is -0.495 e. The lowest BCUT2D eigenvalue weighted by Gasteiger charge is -2.39. The average molecular weight is 292 g/mol. The first kappa shape index (κ1) is 16.1. The molecule has 1 atom stereocenters. The van der Waals surface area contributed by atoms with E-state index in [9.17, 15) is 5.11 Å². The quantitative estimate of drug-likeness (QED) is 0.771. The molecule has 1 aliphatic carbocycles. The van der Waals surface area contributed by atoms with E-state index in [0.717, 1.165) is 18.0 Å². The van der Waals surface area contributed by atoms with Gasteiger partial charge in [0.15, 0.2) is 0 Å². The van der Waals surface area contributed by atoms with Crippen LogP contribution in [-0.4, -0.2) is 44.0 Å². The number of methoxy groups -OCH3 is 1. The van der Waals surface area contributed by atoms with Gasteiger partial charge in [0.2, 0.25) is 0 Å². The molecule has 0 aliphatic heterocycles. The number of hydrogen-bond acceptors (Lipinski definition) is 4. The summed E-state index contributed by atoms with van der Waals surface area (Å²) in [6, 6.07) is 8.37. The molecule has 2 N–H and O–H groups in total. The maximum absolute atomic E-state index is 10.0. The summed E-state index contributed by atoms with van der Waals surface area (Å²) >= 11 is 0. The van der Waals surface area contributed by atoms with Crippen LogP contribution in [0.1, 0.15) is 26.7 Å². The molecule has 118 valence electrons. The first-order valence-electron chi connectivity index (χ1n) is 7.75. The number of hydrogen-bond donors (Lipinski definition) is 2. The number of ether oxygens (including phenoxy) is 1. The van der Waals surface area contributed by atoms with Gasteiger partial charge in [0.1, 0.15) is 5.75 Å². The van der Waals surface area contributed by atoms with E-state index in [1.807, 2.05) is 18.2 Å². The Kier molecular flexibility index (Phi) is 5.12. The van der Waals surface area contributed by atoms with E-state index in [2.05, 4.69) is 37.2 Å². The summed E-state index contributed by atoms with van der Waals surface area (Å²) in [6.07, 6.45) is 2.39. The zero-order valence-corrected chi connectivity index (χ0v) is 13.6. The third kappa shape index (κ3) is 3.69. The van der Waals surface area contributed by atoms with Crippen LogP contribution < -0.4 is 15.0 Å². The lowest BCUT2D eigenvalue weighted by atomic mass is 9.92. The van der Waals surface area contributed by atoms with E-state index < -0.39 is 0 Å². The first-order valence-corrected chi connectivity index (χ1v) is 7.75. The molecule has 1 fully saturated rings. The number of likely N-dealkylation sites (N-methyl/N-ethyl adjacent to an activating group) is 1. The molecule has 0 spiro atoms. The minimum atomic E-state index is -0.232. The maximum atomic E-state index is 10.0. The van der Waals surface area contributed by atoms with Crippen molar-refractivity contribution in [1.82, 2.24) is 5.32 Å². The number of nitrogens with one attached hydrogen (secondary N) is 1. The lowest BCUT2D eigenvalue weighted by Crippen LogP contribution is -2.59. The molecule has 0 radical (unpaired) electrons. The largest absolute Gasteiger partial charge is 0.495 e. The highest BCUT2D eigenvalue weighted by molar-refractivity contribution is 5.58. The van der Waals surface area contributed by atoms with Crippen LogP contribution in [0.15, 0.2) is 24.3 Å². The fourth-order valence-corrected chi connectivity index (χ4v) is 3.18. The fraction of sp³-hybridized carbons (Fsp3) is 0.647. The van der Waals surface area contributed by atoms with Crippen molar-refractivity contribution in [3.05, 3.63) is 24.3 Å². The van der Waals surface area contributed by atoms with Crippen molar-refractivity contribution in [3.63, 3.8) is 0 Å². The van der Waals surface area contributed by atoms with Gasteiger partial charge in [-0.15, -0.1) is 0 Å². The fourth-order valence-electron chi connectivity index (χ4n) is 3.18. The molecule has 21 heavy (non-hydrogen) atoms. The predicted octanol–water partition coefficient (Wildman–Crippen LogP) is 2.27. The van der Waals surface area contributed by atoms with E-state index in [1.54, 1.807) is 7.11 Å². The number of rotatable bonds is 8. The molecular weight excluding hydrogens is 264 g/mol. The van der Waals surface area contributed by atoms with Crippen LogP contribution in [-0.2, 0) is 0 Å². The molecule has 4 nitrogen and oxygen atoms in total. The van der Waals surface area contributed by atoms with E-state index in [0.29, 0.717) is 12.0 Å². The van der Waals surface area contributed by atoms with Gasteiger partial charge in [0, 0.05) is 19.6 Å². The molecule has 1 saturated carbocycles. The Morgan fingerprint density at radius 1 is 1.38 bits per heavy atom. The van der Waals surface area contributed by atoms with Crippen molar-refractivity contribution < 1.29 is 9.84 Å². The molecule has 0 heterocycles. The van der Waals surface area contributed by atoms with Crippen LogP contribution in [0.25, 0.3) is 0 Å². The van der Waals surface area contributed by atoms with Crippen LogP contribution in [0.4, 0.5) is 5.69 Å². The van der Waals surface area contributed by atoms with E-state index in [4.69, 9.17) is 4.74 Å². The molecule has 2 rings (SSSR count). The maximum Gasteiger partial charge on any atom is 0.142 e. The minimum absolute atomic E-state index is 0.162. The molecular formula is C17H28N2O2. The van der Waals surface area contributed by atoms with Crippen molar-refractivity contribution in [1.29, 1.82) is 0 Å². The summed E-state index contributed by atoms with van der Waals surface area (Å²) in [5.74, 6) is 1.43. The number of para-hydroxylation sites is 2. The number of anilines is 1. The Labute approximate surface area is 128 Å². The van der Waals surface area contributed by atoms with Crippen LogP contribution in [0.2, 0.25) is 0 Å². The lowest BCUT2D eigenvalue weighted by molar-refractivity contribution is 0.136. The van der Waals surface area contributed by atoms with Crippen molar-refractivity contribution in [2.24, 2.45) is 5.92 Å². The highest BCUT2D eigenvalue weighted by Crippen LogP contribution is 2.41. The summed E-state index contributed by atoms with van der Waals surface area (Å²) in [6.45, 7) is 5.20. The molecule has 0 saturated heterocycles. The second-order valence-corrected chi connectivity index (χ2v) is 6.42. The summed E-state index contributed by atoms with van der Waals surface area (Å²) < 4.78 is 5.45. The zero-order chi connectivity index (χ0) is 15.5. The number of benzene rings is 1. The topological polar surface area (TPSA) is 44.7 Å². The van der Waals surface area contributed by atoms with Crippen molar-refractivity contribution in [2.75, 3.05) is 32.2 Å². The Bertz CT molecular complexity index is 460.